The van der Waals surface area contributed by atoms with Crippen molar-refractivity contribution in [3.8, 4) is 0 Å². The maximum absolute atomic E-state index is 12.6. The zero-order valence-electron chi connectivity index (χ0n) is 13.6. The Bertz CT molecular complexity index is 876. The molecule has 0 N–H and O–H groups in total. The van der Waals surface area contributed by atoms with Crippen LogP contribution in [0.15, 0.2) is 47.1 Å². The number of carbonyl (C=O) groups is 1. The summed E-state index contributed by atoms with van der Waals surface area (Å²) >= 11 is 0. The molecule has 1 amide bonds. The molecule has 3 aromatic rings. The van der Waals surface area contributed by atoms with Crippen molar-refractivity contribution in [3.63, 3.8) is 0 Å². The number of likely N-dealkylation sites (N-methyl/N-ethyl adjacent to an activating group) is 1. The van der Waals surface area contributed by atoms with Gasteiger partial charge < -0.3 is 9.32 Å². The average Bonchev–Trinajstić information content (AvgIpc) is 3.35. The second-order valence-electron chi connectivity index (χ2n) is 6.68. The van der Waals surface area contributed by atoms with E-state index in [9.17, 15) is 4.79 Å². The van der Waals surface area contributed by atoms with Crippen LogP contribution < -0.4 is 0 Å². The molecular weight excluding hydrogens is 286 g/mol. The van der Waals surface area contributed by atoms with E-state index in [4.69, 9.17) is 4.42 Å². The normalized spacial score (nSPS) is 15.9. The van der Waals surface area contributed by atoms with Crippen LogP contribution in [0.1, 0.15) is 25.3 Å². The van der Waals surface area contributed by atoms with Gasteiger partial charge in [-0.05, 0) is 42.5 Å². The minimum absolute atomic E-state index is 0.167. The first-order valence-electron chi connectivity index (χ1n) is 8.28. The van der Waals surface area contributed by atoms with Gasteiger partial charge in [0.2, 0.25) is 5.91 Å². The number of amides is 1. The lowest BCUT2D eigenvalue weighted by atomic mass is 10.0. The number of hydrogen-bond acceptors (Lipinski definition) is 2. The van der Waals surface area contributed by atoms with Crippen LogP contribution in [0.25, 0.3) is 21.7 Å². The lowest BCUT2D eigenvalue weighted by molar-refractivity contribution is -0.131. The molecule has 1 unspecified atom stereocenters. The fourth-order valence-electron chi connectivity index (χ4n) is 3.41. The molecule has 2 aromatic carbocycles. The molecule has 3 heteroatoms. The fourth-order valence-corrected chi connectivity index (χ4v) is 3.41. The van der Waals surface area contributed by atoms with E-state index in [0.29, 0.717) is 18.4 Å². The highest BCUT2D eigenvalue weighted by Gasteiger charge is 2.32. The molecular formula is C20H21NO2. The molecule has 0 radical (unpaired) electrons. The summed E-state index contributed by atoms with van der Waals surface area (Å²) < 4.78 is 5.69. The van der Waals surface area contributed by atoms with Crippen LogP contribution >= 0.6 is 0 Å². The molecule has 0 saturated heterocycles. The Labute approximate surface area is 135 Å². The summed E-state index contributed by atoms with van der Waals surface area (Å²) in [6, 6.07) is 12.6. The minimum atomic E-state index is 0.167. The highest BCUT2D eigenvalue weighted by Crippen LogP contribution is 2.35. The lowest BCUT2D eigenvalue weighted by Gasteiger charge is -2.24. The molecule has 1 fully saturated rings. The van der Waals surface area contributed by atoms with Crippen LogP contribution in [0.2, 0.25) is 0 Å². The topological polar surface area (TPSA) is 33.5 Å². The molecule has 4 rings (SSSR count). The summed E-state index contributed by atoms with van der Waals surface area (Å²) in [6.07, 6.45) is 4.63. The van der Waals surface area contributed by atoms with Crippen LogP contribution in [0, 0.1) is 5.92 Å². The quantitative estimate of drug-likeness (QED) is 0.716. The van der Waals surface area contributed by atoms with Crippen molar-refractivity contribution in [1.29, 1.82) is 0 Å². The van der Waals surface area contributed by atoms with E-state index in [1.807, 2.05) is 30.1 Å². The first-order chi connectivity index (χ1) is 11.1. The van der Waals surface area contributed by atoms with Gasteiger partial charge in [0, 0.05) is 24.0 Å². The molecule has 1 aliphatic rings. The van der Waals surface area contributed by atoms with Crippen molar-refractivity contribution < 1.29 is 9.21 Å². The zero-order chi connectivity index (χ0) is 16.0. The van der Waals surface area contributed by atoms with Crippen molar-refractivity contribution >= 4 is 27.6 Å². The minimum Gasteiger partial charge on any atom is -0.464 e. The summed E-state index contributed by atoms with van der Waals surface area (Å²) in [5.41, 5.74) is 1.83. The zero-order valence-corrected chi connectivity index (χ0v) is 13.6. The molecule has 118 valence electrons. The number of benzene rings is 2. The number of nitrogens with zero attached hydrogens (tertiary/aromatic N) is 1. The summed E-state index contributed by atoms with van der Waals surface area (Å²) in [7, 11) is 1.92. The maximum atomic E-state index is 12.6. The third-order valence-electron chi connectivity index (χ3n) is 5.19. The number of fused-ring (bicyclic) bond motifs is 3. The monoisotopic (exact) mass is 307 g/mol. The largest absolute Gasteiger partial charge is 0.464 e. The van der Waals surface area contributed by atoms with E-state index in [2.05, 4.69) is 25.1 Å². The number of furan rings is 1. The SMILES string of the molecule is CC(C1CC1)N(C)C(=O)Cc1coc2ccc3ccccc3c12. The van der Waals surface area contributed by atoms with Crippen molar-refractivity contribution in [1.82, 2.24) is 4.90 Å². The smallest absolute Gasteiger partial charge is 0.227 e. The molecule has 0 aliphatic heterocycles. The summed E-state index contributed by atoms with van der Waals surface area (Å²) in [6.45, 7) is 2.15. The van der Waals surface area contributed by atoms with Gasteiger partial charge in [-0.3, -0.25) is 4.79 Å². The van der Waals surface area contributed by atoms with Crippen molar-refractivity contribution in [2.24, 2.45) is 5.92 Å². The molecule has 1 atom stereocenters. The highest BCUT2D eigenvalue weighted by molar-refractivity contribution is 6.08. The molecule has 1 aliphatic carbocycles. The Morgan fingerprint density at radius 1 is 1.26 bits per heavy atom. The predicted octanol–water partition coefficient (Wildman–Crippen LogP) is 4.39. The van der Waals surface area contributed by atoms with Crippen molar-refractivity contribution in [2.75, 3.05) is 7.05 Å². The van der Waals surface area contributed by atoms with Gasteiger partial charge in [-0.15, -0.1) is 0 Å². The molecule has 3 nitrogen and oxygen atoms in total. The van der Waals surface area contributed by atoms with E-state index < -0.39 is 0 Å². The summed E-state index contributed by atoms with van der Waals surface area (Å²) in [4.78, 5) is 14.6. The van der Waals surface area contributed by atoms with Gasteiger partial charge in [0.1, 0.15) is 5.58 Å². The first kappa shape index (κ1) is 14.3. The standard InChI is InChI=1S/C20H21NO2/c1-13(14-7-8-14)21(2)19(22)11-16-12-23-18-10-9-15-5-3-4-6-17(15)20(16)18/h3-6,9-10,12-14H,7-8,11H2,1-2H3. The first-order valence-corrected chi connectivity index (χ1v) is 8.28. The van der Waals surface area contributed by atoms with Crippen LogP contribution in [-0.4, -0.2) is 23.9 Å². The van der Waals surface area contributed by atoms with Crippen molar-refractivity contribution in [2.45, 2.75) is 32.2 Å². The number of hydrogen-bond donors (Lipinski definition) is 0. The van der Waals surface area contributed by atoms with Crippen LogP contribution in [0.4, 0.5) is 0 Å². The lowest BCUT2D eigenvalue weighted by Crippen LogP contribution is -2.37. The van der Waals surface area contributed by atoms with Gasteiger partial charge >= 0.3 is 0 Å². The van der Waals surface area contributed by atoms with Crippen LogP contribution in [0.3, 0.4) is 0 Å². The van der Waals surface area contributed by atoms with E-state index in [1.165, 1.54) is 18.2 Å². The molecule has 1 aromatic heterocycles. The maximum Gasteiger partial charge on any atom is 0.227 e. The van der Waals surface area contributed by atoms with E-state index in [1.54, 1.807) is 6.26 Å². The fraction of sp³-hybridized carbons (Fsp3) is 0.350. The van der Waals surface area contributed by atoms with Gasteiger partial charge in [-0.25, -0.2) is 0 Å². The molecule has 0 spiro atoms. The van der Waals surface area contributed by atoms with Gasteiger partial charge in [-0.2, -0.15) is 0 Å². The Hall–Kier alpha value is -2.29. The molecule has 1 saturated carbocycles. The average molecular weight is 307 g/mol. The highest BCUT2D eigenvalue weighted by atomic mass is 16.3. The van der Waals surface area contributed by atoms with E-state index >= 15 is 0 Å². The molecule has 0 bridgehead atoms. The Morgan fingerprint density at radius 3 is 2.83 bits per heavy atom. The van der Waals surface area contributed by atoms with Crippen LogP contribution in [0.5, 0.6) is 0 Å². The van der Waals surface area contributed by atoms with Crippen molar-refractivity contribution in [3.05, 3.63) is 48.2 Å². The Morgan fingerprint density at radius 2 is 2.04 bits per heavy atom. The van der Waals surface area contributed by atoms with Gasteiger partial charge in [0.25, 0.3) is 0 Å². The number of rotatable bonds is 4. The third-order valence-corrected chi connectivity index (χ3v) is 5.19. The van der Waals surface area contributed by atoms with Gasteiger partial charge in [0.05, 0.1) is 12.7 Å². The van der Waals surface area contributed by atoms with E-state index in [-0.39, 0.29) is 5.91 Å². The van der Waals surface area contributed by atoms with E-state index in [0.717, 1.165) is 21.9 Å². The Balaban J connectivity index is 1.68. The van der Waals surface area contributed by atoms with Crippen LogP contribution in [-0.2, 0) is 11.2 Å². The third kappa shape index (κ3) is 2.50. The van der Waals surface area contributed by atoms with Gasteiger partial charge in [-0.1, -0.05) is 30.3 Å². The second-order valence-corrected chi connectivity index (χ2v) is 6.68. The molecule has 23 heavy (non-hydrogen) atoms. The predicted molar refractivity (Wildman–Crippen MR) is 92.4 cm³/mol. The summed E-state index contributed by atoms with van der Waals surface area (Å²) in [5, 5.41) is 3.40. The summed E-state index contributed by atoms with van der Waals surface area (Å²) in [5.74, 6) is 0.853. The van der Waals surface area contributed by atoms with Gasteiger partial charge in [0.15, 0.2) is 0 Å². The number of carbonyl (C=O) groups excluding carboxylic acids is 1. The second kappa shape index (κ2) is 5.41. The Kier molecular flexibility index (Phi) is 3.37. The molecule has 1 heterocycles.